The van der Waals surface area contributed by atoms with Crippen molar-refractivity contribution in [3.8, 4) is 5.75 Å². The third-order valence-electron chi connectivity index (χ3n) is 3.39. The first-order valence-electron chi connectivity index (χ1n) is 7.52. The van der Waals surface area contributed by atoms with E-state index >= 15 is 0 Å². The number of nitrogens with one attached hydrogen (secondary N) is 1. The molecule has 0 aromatic heterocycles. The SMILES string of the molecule is CCC[C@@H](C)NC(=O)[C@@H](CC)Oc1cc(C)ccc1C. The van der Waals surface area contributed by atoms with Crippen LogP contribution in [0.15, 0.2) is 18.2 Å². The zero-order valence-electron chi connectivity index (χ0n) is 13.3. The number of hydrogen-bond acceptors (Lipinski definition) is 2. The van der Waals surface area contributed by atoms with Gasteiger partial charge in [0, 0.05) is 6.04 Å². The number of carbonyl (C=O) groups excluding carboxylic acids is 1. The van der Waals surface area contributed by atoms with Gasteiger partial charge in [-0.15, -0.1) is 0 Å². The van der Waals surface area contributed by atoms with E-state index in [9.17, 15) is 4.79 Å². The summed E-state index contributed by atoms with van der Waals surface area (Å²) in [6.45, 7) is 10.1. The van der Waals surface area contributed by atoms with E-state index in [0.29, 0.717) is 6.42 Å². The molecule has 1 rings (SSSR count). The molecule has 1 N–H and O–H groups in total. The van der Waals surface area contributed by atoms with Crippen molar-refractivity contribution in [3.05, 3.63) is 29.3 Å². The average molecular weight is 277 g/mol. The standard InChI is InChI=1S/C17H27NO2/c1-6-8-14(5)18-17(19)15(7-2)20-16-11-12(3)9-10-13(16)4/h9-11,14-15H,6-8H2,1-5H3,(H,18,19)/t14-,15-/m1/s1. The van der Waals surface area contributed by atoms with Gasteiger partial charge in [0.1, 0.15) is 5.75 Å². The first-order chi connectivity index (χ1) is 9.47. The van der Waals surface area contributed by atoms with Crippen LogP contribution >= 0.6 is 0 Å². The summed E-state index contributed by atoms with van der Waals surface area (Å²) < 4.78 is 5.90. The molecular weight excluding hydrogens is 250 g/mol. The fourth-order valence-corrected chi connectivity index (χ4v) is 2.15. The van der Waals surface area contributed by atoms with Crippen molar-refractivity contribution in [2.75, 3.05) is 0 Å². The lowest BCUT2D eigenvalue weighted by Crippen LogP contribution is -2.42. The fourth-order valence-electron chi connectivity index (χ4n) is 2.15. The third kappa shape index (κ3) is 4.87. The molecule has 0 unspecified atom stereocenters. The molecule has 20 heavy (non-hydrogen) atoms. The van der Waals surface area contributed by atoms with Crippen molar-refractivity contribution in [2.45, 2.75) is 66.0 Å². The summed E-state index contributed by atoms with van der Waals surface area (Å²) in [4.78, 5) is 12.2. The summed E-state index contributed by atoms with van der Waals surface area (Å²) in [5.74, 6) is 0.782. The van der Waals surface area contributed by atoms with Crippen molar-refractivity contribution in [1.29, 1.82) is 0 Å². The molecule has 112 valence electrons. The molecule has 0 spiro atoms. The van der Waals surface area contributed by atoms with Gasteiger partial charge in [0.25, 0.3) is 5.91 Å². The van der Waals surface area contributed by atoms with Crippen molar-refractivity contribution in [3.63, 3.8) is 0 Å². The third-order valence-corrected chi connectivity index (χ3v) is 3.39. The van der Waals surface area contributed by atoms with E-state index in [-0.39, 0.29) is 11.9 Å². The lowest BCUT2D eigenvalue weighted by atomic mass is 10.1. The zero-order chi connectivity index (χ0) is 15.1. The summed E-state index contributed by atoms with van der Waals surface area (Å²) in [7, 11) is 0. The number of benzene rings is 1. The Hall–Kier alpha value is -1.51. The van der Waals surface area contributed by atoms with Gasteiger partial charge in [0.15, 0.2) is 6.10 Å². The van der Waals surface area contributed by atoms with Crippen molar-refractivity contribution in [2.24, 2.45) is 0 Å². The van der Waals surface area contributed by atoms with Crippen molar-refractivity contribution < 1.29 is 9.53 Å². The minimum absolute atomic E-state index is 0.0191. The molecule has 3 nitrogen and oxygen atoms in total. The van der Waals surface area contributed by atoms with Crippen LogP contribution in [0.1, 0.15) is 51.2 Å². The van der Waals surface area contributed by atoms with Gasteiger partial charge in [0.2, 0.25) is 0 Å². The quantitative estimate of drug-likeness (QED) is 0.824. The summed E-state index contributed by atoms with van der Waals surface area (Å²) >= 11 is 0. The van der Waals surface area contributed by atoms with Crippen LogP contribution in [-0.2, 0) is 4.79 Å². The van der Waals surface area contributed by atoms with Gasteiger partial charge in [0.05, 0.1) is 0 Å². The lowest BCUT2D eigenvalue weighted by molar-refractivity contribution is -0.128. The summed E-state index contributed by atoms with van der Waals surface area (Å²) in [6.07, 6.45) is 2.30. The van der Waals surface area contributed by atoms with Gasteiger partial charge in [-0.1, -0.05) is 32.4 Å². The number of rotatable bonds is 7. The monoisotopic (exact) mass is 277 g/mol. The van der Waals surface area contributed by atoms with Gasteiger partial charge < -0.3 is 10.1 Å². The predicted molar refractivity (Wildman–Crippen MR) is 83.1 cm³/mol. The summed E-state index contributed by atoms with van der Waals surface area (Å²) in [6, 6.07) is 6.26. The lowest BCUT2D eigenvalue weighted by Gasteiger charge is -2.21. The maximum atomic E-state index is 12.2. The van der Waals surface area contributed by atoms with E-state index in [1.807, 2.05) is 45.9 Å². The second-order valence-electron chi connectivity index (χ2n) is 5.48. The molecule has 1 amide bonds. The van der Waals surface area contributed by atoms with Gasteiger partial charge in [-0.25, -0.2) is 0 Å². The Balaban J connectivity index is 2.71. The van der Waals surface area contributed by atoms with E-state index in [1.54, 1.807) is 0 Å². The molecule has 0 heterocycles. The largest absolute Gasteiger partial charge is 0.480 e. The smallest absolute Gasteiger partial charge is 0.261 e. The van der Waals surface area contributed by atoms with Gasteiger partial charge in [-0.2, -0.15) is 0 Å². The summed E-state index contributed by atoms with van der Waals surface area (Å²) in [5, 5.41) is 3.02. The fraction of sp³-hybridized carbons (Fsp3) is 0.588. The van der Waals surface area contributed by atoms with Crippen LogP contribution in [0.25, 0.3) is 0 Å². The van der Waals surface area contributed by atoms with Crippen molar-refractivity contribution >= 4 is 5.91 Å². The number of ether oxygens (including phenoxy) is 1. The molecule has 0 aliphatic carbocycles. The molecule has 1 aromatic rings. The van der Waals surface area contributed by atoms with Crippen LogP contribution in [0.4, 0.5) is 0 Å². The minimum atomic E-state index is -0.421. The van der Waals surface area contributed by atoms with E-state index < -0.39 is 6.10 Å². The Kier molecular flexibility index (Phi) is 6.56. The second kappa shape index (κ2) is 7.93. The van der Waals surface area contributed by atoms with Gasteiger partial charge in [-0.05, 0) is 50.8 Å². The molecule has 0 bridgehead atoms. The highest BCUT2D eigenvalue weighted by Gasteiger charge is 2.20. The molecule has 1 aromatic carbocycles. The highest BCUT2D eigenvalue weighted by atomic mass is 16.5. The molecule has 0 fully saturated rings. The van der Waals surface area contributed by atoms with Gasteiger partial charge in [-0.3, -0.25) is 4.79 Å². The predicted octanol–water partition coefficient (Wildman–Crippen LogP) is 3.77. The second-order valence-corrected chi connectivity index (χ2v) is 5.48. The first kappa shape index (κ1) is 16.5. The molecule has 0 aliphatic heterocycles. The Morgan fingerprint density at radius 3 is 2.60 bits per heavy atom. The van der Waals surface area contributed by atoms with E-state index in [4.69, 9.17) is 4.74 Å². The van der Waals surface area contributed by atoms with Crippen LogP contribution in [0, 0.1) is 13.8 Å². The molecule has 0 saturated carbocycles. The van der Waals surface area contributed by atoms with Crippen LogP contribution in [0.5, 0.6) is 5.75 Å². The number of aryl methyl sites for hydroxylation is 2. The molecule has 0 aliphatic rings. The van der Waals surface area contributed by atoms with Crippen LogP contribution < -0.4 is 10.1 Å². The Labute approximate surface area is 122 Å². The molecule has 3 heteroatoms. The highest BCUT2D eigenvalue weighted by Crippen LogP contribution is 2.21. The Morgan fingerprint density at radius 2 is 2.00 bits per heavy atom. The average Bonchev–Trinajstić information content (AvgIpc) is 2.39. The maximum absolute atomic E-state index is 12.2. The molecule has 2 atom stereocenters. The number of amides is 1. The van der Waals surface area contributed by atoms with E-state index in [1.165, 1.54) is 0 Å². The van der Waals surface area contributed by atoms with Crippen LogP contribution in [0.3, 0.4) is 0 Å². The molecule has 0 radical (unpaired) electrons. The van der Waals surface area contributed by atoms with Crippen molar-refractivity contribution in [1.82, 2.24) is 5.32 Å². The van der Waals surface area contributed by atoms with E-state index in [0.717, 1.165) is 29.7 Å². The molecule has 0 saturated heterocycles. The maximum Gasteiger partial charge on any atom is 0.261 e. The van der Waals surface area contributed by atoms with E-state index in [2.05, 4.69) is 12.2 Å². The topological polar surface area (TPSA) is 38.3 Å². The highest BCUT2D eigenvalue weighted by molar-refractivity contribution is 5.81. The Morgan fingerprint density at radius 1 is 1.30 bits per heavy atom. The number of hydrogen-bond donors (Lipinski definition) is 1. The van der Waals surface area contributed by atoms with Gasteiger partial charge >= 0.3 is 0 Å². The summed E-state index contributed by atoms with van der Waals surface area (Å²) in [5.41, 5.74) is 2.20. The first-order valence-corrected chi connectivity index (χ1v) is 7.52. The number of carbonyl (C=O) groups is 1. The Bertz CT molecular complexity index is 443. The minimum Gasteiger partial charge on any atom is -0.480 e. The zero-order valence-corrected chi connectivity index (χ0v) is 13.3. The van der Waals surface area contributed by atoms with Crippen LogP contribution in [-0.4, -0.2) is 18.1 Å². The molecular formula is C17H27NO2. The van der Waals surface area contributed by atoms with Crippen LogP contribution in [0.2, 0.25) is 0 Å². The normalized spacial score (nSPS) is 13.7.